The molecule has 0 saturated carbocycles. The van der Waals surface area contributed by atoms with E-state index in [9.17, 15) is 0 Å². The topological polar surface area (TPSA) is 45.9 Å². The molecule has 1 heterocycles. The average Bonchev–Trinajstić information content (AvgIpc) is 2.15. The molecule has 0 bridgehead atoms. The summed E-state index contributed by atoms with van der Waals surface area (Å²) in [6.07, 6.45) is 3.13. The summed E-state index contributed by atoms with van der Waals surface area (Å²) >= 11 is 0. The van der Waals surface area contributed by atoms with E-state index in [0.29, 0.717) is 23.8 Å². The Bertz CT molecular complexity index is 315. The lowest BCUT2D eigenvalue weighted by molar-refractivity contribution is 0.270. The molecule has 3 nitrogen and oxygen atoms in total. The first-order valence-electron chi connectivity index (χ1n) is 4.20. The van der Waals surface area contributed by atoms with E-state index >= 15 is 0 Å². The van der Waals surface area contributed by atoms with Gasteiger partial charge in [0.1, 0.15) is 11.8 Å². The molecule has 1 aromatic rings. The molecule has 0 N–H and O–H groups in total. The summed E-state index contributed by atoms with van der Waals surface area (Å²) in [4.78, 5) is 3.89. The van der Waals surface area contributed by atoms with E-state index in [1.807, 2.05) is 6.07 Å². The molecule has 68 valence electrons. The van der Waals surface area contributed by atoms with E-state index in [1.165, 1.54) is 6.20 Å². The normalized spacial score (nSPS) is 9.69. The van der Waals surface area contributed by atoms with Crippen LogP contribution in [0.5, 0.6) is 5.75 Å². The number of hydrogen-bond acceptors (Lipinski definition) is 3. The predicted molar refractivity (Wildman–Crippen MR) is 49.3 cm³/mol. The van der Waals surface area contributed by atoms with E-state index in [-0.39, 0.29) is 0 Å². The fourth-order valence-corrected chi connectivity index (χ4v) is 0.822. The van der Waals surface area contributed by atoms with Crippen molar-refractivity contribution in [1.82, 2.24) is 4.98 Å². The number of ether oxygens (including phenoxy) is 1. The molecule has 1 rings (SSSR count). The van der Waals surface area contributed by atoms with Crippen molar-refractivity contribution in [1.29, 1.82) is 5.26 Å². The lowest BCUT2D eigenvalue weighted by Gasteiger charge is -2.07. The van der Waals surface area contributed by atoms with Gasteiger partial charge in [-0.1, -0.05) is 13.8 Å². The Morgan fingerprint density at radius 2 is 2.31 bits per heavy atom. The SMILES string of the molecule is CC(C)COc1cncc(C#N)c1. The number of pyridine rings is 1. The van der Waals surface area contributed by atoms with Crippen molar-refractivity contribution in [3.8, 4) is 11.8 Å². The molecule has 0 aliphatic carbocycles. The van der Waals surface area contributed by atoms with Gasteiger partial charge in [0.15, 0.2) is 0 Å². The lowest BCUT2D eigenvalue weighted by atomic mass is 10.2. The van der Waals surface area contributed by atoms with Crippen LogP contribution in [0.4, 0.5) is 0 Å². The van der Waals surface area contributed by atoms with Gasteiger partial charge in [0.05, 0.1) is 18.4 Å². The van der Waals surface area contributed by atoms with E-state index < -0.39 is 0 Å². The summed E-state index contributed by atoms with van der Waals surface area (Å²) in [5.74, 6) is 1.14. The zero-order valence-electron chi connectivity index (χ0n) is 7.82. The molecule has 0 aliphatic rings. The number of rotatable bonds is 3. The number of hydrogen-bond donors (Lipinski definition) is 0. The van der Waals surface area contributed by atoms with Crippen LogP contribution in [0.1, 0.15) is 19.4 Å². The Kier molecular flexibility index (Phi) is 3.27. The van der Waals surface area contributed by atoms with E-state index in [0.717, 1.165) is 0 Å². The largest absolute Gasteiger partial charge is 0.492 e. The second kappa shape index (κ2) is 4.46. The van der Waals surface area contributed by atoms with Crippen LogP contribution in [-0.4, -0.2) is 11.6 Å². The maximum atomic E-state index is 8.59. The number of aromatic nitrogens is 1. The van der Waals surface area contributed by atoms with Crippen molar-refractivity contribution in [2.45, 2.75) is 13.8 Å². The van der Waals surface area contributed by atoms with Crippen LogP contribution >= 0.6 is 0 Å². The molecule has 0 radical (unpaired) electrons. The van der Waals surface area contributed by atoms with Gasteiger partial charge in [-0.15, -0.1) is 0 Å². The van der Waals surface area contributed by atoms with Crippen LogP contribution in [0.15, 0.2) is 18.5 Å². The Morgan fingerprint density at radius 3 is 2.92 bits per heavy atom. The minimum atomic E-state index is 0.478. The molecule has 0 spiro atoms. The zero-order valence-corrected chi connectivity index (χ0v) is 7.82. The van der Waals surface area contributed by atoms with Crippen LogP contribution in [0.2, 0.25) is 0 Å². The first-order valence-corrected chi connectivity index (χ1v) is 4.20. The van der Waals surface area contributed by atoms with Gasteiger partial charge in [0, 0.05) is 12.3 Å². The number of nitriles is 1. The molecular weight excluding hydrogens is 164 g/mol. The van der Waals surface area contributed by atoms with Crippen molar-refractivity contribution in [3.63, 3.8) is 0 Å². The van der Waals surface area contributed by atoms with Gasteiger partial charge in [-0.05, 0) is 5.92 Å². The first-order chi connectivity index (χ1) is 6.22. The van der Waals surface area contributed by atoms with Crippen molar-refractivity contribution in [2.75, 3.05) is 6.61 Å². The molecule has 0 fully saturated rings. The summed E-state index contributed by atoms with van der Waals surface area (Å²) in [7, 11) is 0. The fraction of sp³-hybridized carbons (Fsp3) is 0.400. The quantitative estimate of drug-likeness (QED) is 0.707. The summed E-state index contributed by atoms with van der Waals surface area (Å²) in [5.41, 5.74) is 0.529. The van der Waals surface area contributed by atoms with Crippen LogP contribution in [0.25, 0.3) is 0 Å². The summed E-state index contributed by atoms with van der Waals surface area (Å²) in [5, 5.41) is 8.59. The molecule has 3 heteroatoms. The summed E-state index contributed by atoms with van der Waals surface area (Å²) in [6.45, 7) is 4.79. The van der Waals surface area contributed by atoms with Crippen LogP contribution in [0, 0.1) is 17.2 Å². The molecule has 13 heavy (non-hydrogen) atoms. The summed E-state index contributed by atoms with van der Waals surface area (Å²) < 4.78 is 5.40. The zero-order chi connectivity index (χ0) is 9.68. The van der Waals surface area contributed by atoms with Gasteiger partial charge in [0.25, 0.3) is 0 Å². The fourth-order valence-electron chi connectivity index (χ4n) is 0.822. The van der Waals surface area contributed by atoms with Gasteiger partial charge in [-0.3, -0.25) is 4.98 Å². The second-order valence-electron chi connectivity index (χ2n) is 3.23. The van der Waals surface area contributed by atoms with E-state index in [2.05, 4.69) is 18.8 Å². The highest BCUT2D eigenvalue weighted by Gasteiger charge is 1.98. The minimum Gasteiger partial charge on any atom is -0.492 e. The lowest BCUT2D eigenvalue weighted by Crippen LogP contribution is -2.04. The van der Waals surface area contributed by atoms with Gasteiger partial charge >= 0.3 is 0 Å². The Labute approximate surface area is 78.0 Å². The maximum absolute atomic E-state index is 8.59. The molecule has 1 aromatic heterocycles. The Balaban J connectivity index is 2.63. The highest BCUT2D eigenvalue weighted by Crippen LogP contribution is 2.11. The van der Waals surface area contributed by atoms with Crippen LogP contribution < -0.4 is 4.74 Å². The standard InChI is InChI=1S/C10H12N2O/c1-8(2)7-13-10-3-9(4-11)5-12-6-10/h3,5-6,8H,7H2,1-2H3. The highest BCUT2D eigenvalue weighted by atomic mass is 16.5. The molecule has 0 aromatic carbocycles. The van der Waals surface area contributed by atoms with Gasteiger partial charge in [-0.25, -0.2) is 0 Å². The van der Waals surface area contributed by atoms with Crippen LogP contribution in [-0.2, 0) is 0 Å². The van der Waals surface area contributed by atoms with E-state index in [1.54, 1.807) is 12.3 Å². The van der Waals surface area contributed by atoms with Crippen LogP contribution in [0.3, 0.4) is 0 Å². The average molecular weight is 176 g/mol. The molecule has 0 unspecified atom stereocenters. The Hall–Kier alpha value is -1.56. The maximum Gasteiger partial charge on any atom is 0.138 e. The third-order valence-electron chi connectivity index (χ3n) is 1.43. The number of nitrogens with zero attached hydrogens (tertiary/aromatic N) is 2. The smallest absolute Gasteiger partial charge is 0.138 e. The minimum absolute atomic E-state index is 0.478. The van der Waals surface area contributed by atoms with Gasteiger partial charge < -0.3 is 4.74 Å². The molecule has 0 amide bonds. The van der Waals surface area contributed by atoms with Gasteiger partial charge in [-0.2, -0.15) is 5.26 Å². The highest BCUT2D eigenvalue weighted by molar-refractivity contribution is 5.32. The monoisotopic (exact) mass is 176 g/mol. The molecular formula is C10H12N2O. The molecule has 0 saturated heterocycles. The van der Waals surface area contributed by atoms with Crippen molar-refractivity contribution < 1.29 is 4.74 Å². The first kappa shape index (κ1) is 9.53. The predicted octanol–water partition coefficient (Wildman–Crippen LogP) is 1.99. The second-order valence-corrected chi connectivity index (χ2v) is 3.23. The van der Waals surface area contributed by atoms with Gasteiger partial charge in [0.2, 0.25) is 0 Å². The van der Waals surface area contributed by atoms with Crippen molar-refractivity contribution in [3.05, 3.63) is 24.0 Å². The molecule has 0 aliphatic heterocycles. The summed E-state index contributed by atoms with van der Waals surface area (Å²) in [6, 6.07) is 3.70. The van der Waals surface area contributed by atoms with E-state index in [4.69, 9.17) is 10.00 Å². The van der Waals surface area contributed by atoms with Crippen molar-refractivity contribution >= 4 is 0 Å². The Morgan fingerprint density at radius 1 is 1.54 bits per heavy atom. The third kappa shape index (κ3) is 3.12. The molecule has 0 atom stereocenters. The van der Waals surface area contributed by atoms with Crippen molar-refractivity contribution in [2.24, 2.45) is 5.92 Å². The third-order valence-corrected chi connectivity index (χ3v) is 1.43.